The predicted octanol–water partition coefficient (Wildman–Crippen LogP) is 4.36. The number of hydrogen-bond donors (Lipinski definition) is 0. The highest BCUT2D eigenvalue weighted by Gasteiger charge is 2.24. The van der Waals surface area contributed by atoms with Crippen molar-refractivity contribution in [3.8, 4) is 5.75 Å². The van der Waals surface area contributed by atoms with Crippen LogP contribution in [0.4, 0.5) is 5.69 Å². The van der Waals surface area contributed by atoms with Crippen LogP contribution in [0.15, 0.2) is 18.2 Å². The highest BCUT2D eigenvalue weighted by molar-refractivity contribution is 5.45. The third kappa shape index (κ3) is 4.44. The van der Waals surface area contributed by atoms with Crippen LogP contribution in [-0.4, -0.2) is 35.1 Å². The molecule has 1 aliphatic heterocycles. The summed E-state index contributed by atoms with van der Waals surface area (Å²) in [6.45, 7) is 10.7. The summed E-state index contributed by atoms with van der Waals surface area (Å²) in [5, 5.41) is 11.0. The highest BCUT2D eigenvalue weighted by Crippen LogP contribution is 2.33. The molecule has 0 aromatic heterocycles. The SMILES string of the molecule is CCC(C)c1cc([N+](=O)[O-])ccc1OC1CCN(C(C)C)CC1. The van der Waals surface area contributed by atoms with E-state index in [1.165, 1.54) is 0 Å². The lowest BCUT2D eigenvalue weighted by Crippen LogP contribution is -2.41. The predicted molar refractivity (Wildman–Crippen MR) is 92.2 cm³/mol. The first-order valence-corrected chi connectivity index (χ1v) is 8.61. The van der Waals surface area contributed by atoms with Gasteiger partial charge in [0.1, 0.15) is 11.9 Å². The molecule has 0 amide bonds. The van der Waals surface area contributed by atoms with Crippen LogP contribution in [0.3, 0.4) is 0 Å². The van der Waals surface area contributed by atoms with Crippen molar-refractivity contribution in [2.75, 3.05) is 13.1 Å². The first-order chi connectivity index (χ1) is 10.9. The van der Waals surface area contributed by atoms with E-state index < -0.39 is 0 Å². The van der Waals surface area contributed by atoms with Crippen molar-refractivity contribution in [2.24, 2.45) is 0 Å². The van der Waals surface area contributed by atoms with Gasteiger partial charge in [-0.2, -0.15) is 0 Å². The zero-order valence-electron chi connectivity index (χ0n) is 14.6. The van der Waals surface area contributed by atoms with Crippen LogP contribution >= 0.6 is 0 Å². The molecule has 23 heavy (non-hydrogen) atoms. The molecule has 1 unspecified atom stereocenters. The fraction of sp³-hybridized carbons (Fsp3) is 0.667. The molecular weight excluding hydrogens is 292 g/mol. The Morgan fingerprint density at radius 3 is 2.48 bits per heavy atom. The summed E-state index contributed by atoms with van der Waals surface area (Å²) in [5.74, 6) is 1.06. The average Bonchev–Trinajstić information content (AvgIpc) is 2.54. The van der Waals surface area contributed by atoms with Crippen LogP contribution in [0, 0.1) is 10.1 Å². The van der Waals surface area contributed by atoms with E-state index in [1.54, 1.807) is 18.2 Å². The van der Waals surface area contributed by atoms with Gasteiger partial charge >= 0.3 is 0 Å². The smallest absolute Gasteiger partial charge is 0.269 e. The van der Waals surface area contributed by atoms with E-state index in [-0.39, 0.29) is 22.6 Å². The number of benzene rings is 1. The molecular formula is C18H28N2O3. The van der Waals surface area contributed by atoms with E-state index in [2.05, 4.69) is 32.6 Å². The Bertz CT molecular complexity index is 537. The molecule has 1 saturated heterocycles. The van der Waals surface area contributed by atoms with Gasteiger partial charge in [0.25, 0.3) is 5.69 Å². The largest absolute Gasteiger partial charge is 0.490 e. The summed E-state index contributed by atoms with van der Waals surface area (Å²) in [7, 11) is 0. The number of rotatable bonds is 6. The highest BCUT2D eigenvalue weighted by atomic mass is 16.6. The summed E-state index contributed by atoms with van der Waals surface area (Å²) < 4.78 is 6.22. The molecule has 5 nitrogen and oxygen atoms in total. The van der Waals surface area contributed by atoms with E-state index in [9.17, 15) is 10.1 Å². The molecule has 0 N–H and O–H groups in total. The van der Waals surface area contributed by atoms with Crippen molar-refractivity contribution in [3.05, 3.63) is 33.9 Å². The summed E-state index contributed by atoms with van der Waals surface area (Å²) in [4.78, 5) is 13.2. The lowest BCUT2D eigenvalue weighted by Gasteiger charge is -2.35. The van der Waals surface area contributed by atoms with Gasteiger partial charge in [0, 0.05) is 36.8 Å². The Labute approximate surface area is 138 Å². The monoisotopic (exact) mass is 320 g/mol. The second kappa shape index (κ2) is 7.77. The summed E-state index contributed by atoms with van der Waals surface area (Å²) >= 11 is 0. The number of hydrogen-bond acceptors (Lipinski definition) is 4. The summed E-state index contributed by atoms with van der Waals surface area (Å²) in [6, 6.07) is 5.57. The maximum Gasteiger partial charge on any atom is 0.269 e. The van der Waals surface area contributed by atoms with E-state index >= 15 is 0 Å². The van der Waals surface area contributed by atoms with E-state index in [0.29, 0.717) is 6.04 Å². The number of nitrogens with zero attached hydrogens (tertiary/aromatic N) is 2. The molecule has 5 heteroatoms. The molecule has 2 rings (SSSR count). The Morgan fingerprint density at radius 2 is 1.96 bits per heavy atom. The average molecular weight is 320 g/mol. The minimum atomic E-state index is -0.337. The zero-order chi connectivity index (χ0) is 17.0. The summed E-state index contributed by atoms with van der Waals surface area (Å²) in [5.41, 5.74) is 1.09. The maximum atomic E-state index is 11.0. The molecule has 1 atom stereocenters. The zero-order valence-corrected chi connectivity index (χ0v) is 14.6. The Kier molecular flexibility index (Phi) is 5.99. The van der Waals surface area contributed by atoms with E-state index in [0.717, 1.165) is 43.7 Å². The molecule has 0 spiro atoms. The lowest BCUT2D eigenvalue weighted by molar-refractivity contribution is -0.385. The number of ether oxygens (including phenoxy) is 1. The Hall–Kier alpha value is -1.62. The van der Waals surface area contributed by atoms with Gasteiger partial charge in [0.2, 0.25) is 0 Å². The Morgan fingerprint density at radius 1 is 1.30 bits per heavy atom. The van der Waals surface area contributed by atoms with Gasteiger partial charge in [-0.15, -0.1) is 0 Å². The van der Waals surface area contributed by atoms with Gasteiger partial charge in [-0.1, -0.05) is 13.8 Å². The van der Waals surface area contributed by atoms with Crippen molar-refractivity contribution in [1.29, 1.82) is 0 Å². The second-order valence-electron chi connectivity index (χ2n) is 6.74. The van der Waals surface area contributed by atoms with Crippen LogP contribution in [0.25, 0.3) is 0 Å². The molecule has 0 saturated carbocycles. The fourth-order valence-electron chi connectivity index (χ4n) is 3.05. The van der Waals surface area contributed by atoms with Gasteiger partial charge in [-0.25, -0.2) is 0 Å². The Balaban J connectivity index is 2.11. The maximum absolute atomic E-state index is 11.0. The number of piperidine rings is 1. The van der Waals surface area contributed by atoms with Gasteiger partial charge in [0.05, 0.1) is 4.92 Å². The van der Waals surface area contributed by atoms with Crippen molar-refractivity contribution in [1.82, 2.24) is 4.90 Å². The van der Waals surface area contributed by atoms with E-state index in [1.807, 2.05) is 0 Å². The molecule has 0 bridgehead atoms. The molecule has 128 valence electrons. The molecule has 0 aliphatic carbocycles. The lowest BCUT2D eigenvalue weighted by atomic mass is 9.96. The van der Waals surface area contributed by atoms with Crippen molar-refractivity contribution in [3.63, 3.8) is 0 Å². The van der Waals surface area contributed by atoms with Crippen LogP contribution in [-0.2, 0) is 0 Å². The van der Waals surface area contributed by atoms with Crippen molar-refractivity contribution in [2.45, 2.75) is 65.0 Å². The molecule has 1 aromatic rings. The van der Waals surface area contributed by atoms with Crippen LogP contribution < -0.4 is 4.74 Å². The molecule has 1 heterocycles. The third-order valence-corrected chi connectivity index (χ3v) is 4.85. The second-order valence-corrected chi connectivity index (χ2v) is 6.74. The van der Waals surface area contributed by atoms with Gasteiger partial charge in [-0.3, -0.25) is 10.1 Å². The fourth-order valence-corrected chi connectivity index (χ4v) is 3.05. The normalized spacial score (nSPS) is 18.1. The quantitative estimate of drug-likeness (QED) is 0.577. The van der Waals surface area contributed by atoms with Crippen molar-refractivity contribution >= 4 is 5.69 Å². The molecule has 1 aliphatic rings. The van der Waals surface area contributed by atoms with E-state index in [4.69, 9.17) is 4.74 Å². The summed E-state index contributed by atoms with van der Waals surface area (Å²) in [6.07, 6.45) is 3.15. The van der Waals surface area contributed by atoms with Crippen LogP contribution in [0.5, 0.6) is 5.75 Å². The van der Waals surface area contributed by atoms with Gasteiger partial charge in [-0.05, 0) is 45.1 Å². The van der Waals surface area contributed by atoms with Gasteiger partial charge in [0.15, 0.2) is 0 Å². The number of nitro benzene ring substituents is 1. The first-order valence-electron chi connectivity index (χ1n) is 8.61. The topological polar surface area (TPSA) is 55.6 Å². The van der Waals surface area contributed by atoms with Crippen LogP contribution in [0.1, 0.15) is 58.4 Å². The third-order valence-electron chi connectivity index (χ3n) is 4.85. The molecule has 1 fully saturated rings. The number of nitro groups is 1. The minimum absolute atomic E-state index is 0.141. The number of likely N-dealkylation sites (tertiary alicyclic amines) is 1. The first kappa shape index (κ1) is 17.7. The standard InChI is InChI=1S/C18H28N2O3/c1-5-14(4)17-12-15(20(21)22)6-7-18(17)23-16-8-10-19(11-9-16)13(2)3/h6-7,12-14,16H,5,8-11H2,1-4H3. The van der Waals surface area contributed by atoms with Crippen LogP contribution in [0.2, 0.25) is 0 Å². The van der Waals surface area contributed by atoms with Crippen molar-refractivity contribution < 1.29 is 9.66 Å². The minimum Gasteiger partial charge on any atom is -0.490 e. The number of non-ortho nitro benzene ring substituents is 1. The molecule has 0 radical (unpaired) electrons. The van der Waals surface area contributed by atoms with Gasteiger partial charge < -0.3 is 9.64 Å². The molecule has 1 aromatic carbocycles.